The Morgan fingerprint density at radius 2 is 1.32 bits per heavy atom. The zero-order valence-corrected chi connectivity index (χ0v) is 24.6. The molecule has 1 saturated carbocycles. The minimum atomic E-state index is -0.488. The van der Waals surface area contributed by atoms with Gasteiger partial charge in [-0.05, 0) is 81.0 Å². The van der Waals surface area contributed by atoms with Crippen molar-refractivity contribution in [3.05, 3.63) is 70.8 Å². The third kappa shape index (κ3) is 6.63. The number of nitrogens with zero attached hydrogens (tertiary/aromatic N) is 1. The molecule has 1 aliphatic carbocycles. The van der Waals surface area contributed by atoms with Crippen LogP contribution in [-0.2, 0) is 4.74 Å². The van der Waals surface area contributed by atoms with Crippen molar-refractivity contribution in [3.8, 4) is 0 Å². The van der Waals surface area contributed by atoms with Crippen molar-refractivity contribution in [2.24, 2.45) is 11.8 Å². The Bertz CT molecular complexity index is 1230. The molecule has 8 heteroatoms. The smallest absolute Gasteiger partial charge is 0.410 e. The van der Waals surface area contributed by atoms with Crippen molar-refractivity contribution in [2.75, 3.05) is 26.2 Å². The Kier molecular flexibility index (Phi) is 9.44. The first-order chi connectivity index (χ1) is 18.7. The molecule has 7 nitrogen and oxygen atoms in total. The number of likely N-dealkylation sites (tertiary alicyclic amines) is 1. The molecular weight excluding hydrogens is 526 g/mol. The predicted octanol–water partition coefficient (Wildman–Crippen LogP) is 5.90. The number of carbonyl (C=O) groups excluding carboxylic acids is 3. The van der Waals surface area contributed by atoms with Crippen LogP contribution in [0.1, 0.15) is 96.6 Å². The van der Waals surface area contributed by atoms with Crippen LogP contribution in [0.15, 0.2) is 48.5 Å². The molecule has 4 unspecified atom stereocenters. The van der Waals surface area contributed by atoms with E-state index >= 15 is 0 Å². The molecule has 3 heterocycles. The fourth-order valence-corrected chi connectivity index (χ4v) is 6.69. The van der Waals surface area contributed by atoms with E-state index in [9.17, 15) is 14.4 Å². The predicted molar refractivity (Wildman–Crippen MR) is 158 cm³/mol. The van der Waals surface area contributed by atoms with Crippen molar-refractivity contribution in [1.29, 1.82) is 0 Å². The number of carbonyl (C=O) groups is 3. The van der Waals surface area contributed by atoms with Crippen LogP contribution in [0.3, 0.4) is 0 Å². The number of fused-ring (bicyclic) bond motifs is 6. The second kappa shape index (κ2) is 12.6. The summed E-state index contributed by atoms with van der Waals surface area (Å²) in [4.78, 5) is 38.2. The van der Waals surface area contributed by atoms with Gasteiger partial charge in [0.05, 0.1) is 0 Å². The van der Waals surface area contributed by atoms with E-state index in [4.69, 9.17) is 4.74 Å². The summed E-state index contributed by atoms with van der Waals surface area (Å²) < 4.78 is 5.48. The average molecular weight is 568 g/mol. The van der Waals surface area contributed by atoms with Crippen LogP contribution in [-0.4, -0.2) is 54.6 Å². The van der Waals surface area contributed by atoms with Crippen molar-refractivity contribution < 1.29 is 19.1 Å². The highest BCUT2D eigenvalue weighted by Gasteiger charge is 2.37. The fraction of sp³-hybridized carbons (Fsp3) is 0.531. The summed E-state index contributed by atoms with van der Waals surface area (Å²) in [7, 11) is 0. The molecule has 2 N–H and O–H groups in total. The lowest BCUT2D eigenvalue weighted by Crippen LogP contribution is -2.47. The van der Waals surface area contributed by atoms with Crippen LogP contribution in [0.4, 0.5) is 4.79 Å². The van der Waals surface area contributed by atoms with Crippen LogP contribution < -0.4 is 10.6 Å². The SMILES string of the molecule is CC(C)(C)OC(=O)N1CCC2c3ccccc3C(=O)NCC2C1.Cl.O=C1NCC2CCCCC2c2ccccc21. The Balaban J connectivity index is 0.000000191. The topological polar surface area (TPSA) is 87.7 Å². The number of hydrogen-bond donors (Lipinski definition) is 2. The number of hydrogen-bond acceptors (Lipinski definition) is 4. The number of amides is 3. The first-order valence-corrected chi connectivity index (χ1v) is 14.4. The van der Waals surface area contributed by atoms with Gasteiger partial charge in [-0.3, -0.25) is 9.59 Å². The number of benzene rings is 2. The lowest BCUT2D eigenvalue weighted by atomic mass is 9.75. The standard InChI is InChI=1S/C18H24N2O3.C14H17NO.ClH/c1-18(2,3)23-17(22)20-9-8-13-12(11-20)10-19-16(21)15-7-5-4-6-14(13)15;16-14-13-8-4-3-7-12(13)11-6-2-1-5-10(11)9-15-14;/h4-7,12-13H,8-11H2,1-3H3,(H,19,21);3-4,7-8,10-11H,1-2,5-6,9H2,(H,15,16);1H. The van der Waals surface area contributed by atoms with E-state index in [0.29, 0.717) is 37.4 Å². The molecule has 40 heavy (non-hydrogen) atoms. The van der Waals surface area contributed by atoms with Crippen molar-refractivity contribution in [2.45, 2.75) is 70.3 Å². The Morgan fingerprint density at radius 1 is 0.800 bits per heavy atom. The first-order valence-electron chi connectivity index (χ1n) is 14.4. The highest BCUT2D eigenvalue weighted by molar-refractivity contribution is 5.97. The zero-order valence-electron chi connectivity index (χ0n) is 23.8. The maximum Gasteiger partial charge on any atom is 0.410 e. The summed E-state index contributed by atoms with van der Waals surface area (Å²) in [5.41, 5.74) is 3.57. The molecule has 4 aliphatic rings. The van der Waals surface area contributed by atoms with E-state index in [0.717, 1.165) is 29.7 Å². The van der Waals surface area contributed by atoms with E-state index in [1.807, 2.05) is 57.2 Å². The van der Waals surface area contributed by atoms with Gasteiger partial charge in [0, 0.05) is 43.2 Å². The third-order valence-electron chi connectivity index (χ3n) is 8.55. The van der Waals surface area contributed by atoms with Gasteiger partial charge in [-0.15, -0.1) is 12.4 Å². The van der Waals surface area contributed by atoms with E-state index in [1.54, 1.807) is 4.90 Å². The number of piperidine rings is 1. The van der Waals surface area contributed by atoms with Gasteiger partial charge < -0.3 is 20.3 Å². The van der Waals surface area contributed by atoms with Gasteiger partial charge in [0.25, 0.3) is 11.8 Å². The van der Waals surface area contributed by atoms with Gasteiger partial charge in [0.15, 0.2) is 0 Å². The van der Waals surface area contributed by atoms with Crippen LogP contribution >= 0.6 is 12.4 Å². The molecule has 216 valence electrons. The molecule has 3 amide bonds. The summed E-state index contributed by atoms with van der Waals surface area (Å²) in [5.74, 6) is 1.89. The quantitative estimate of drug-likeness (QED) is 0.415. The molecule has 0 aromatic heterocycles. The minimum absolute atomic E-state index is 0. The van der Waals surface area contributed by atoms with Gasteiger partial charge in [-0.25, -0.2) is 4.79 Å². The highest BCUT2D eigenvalue weighted by Crippen LogP contribution is 2.40. The lowest BCUT2D eigenvalue weighted by Gasteiger charge is -2.38. The molecule has 4 atom stereocenters. The molecule has 0 radical (unpaired) electrons. The minimum Gasteiger partial charge on any atom is -0.444 e. The maximum absolute atomic E-state index is 12.3. The molecule has 2 fully saturated rings. The Morgan fingerprint density at radius 3 is 1.93 bits per heavy atom. The summed E-state index contributed by atoms with van der Waals surface area (Å²) >= 11 is 0. The zero-order chi connectivity index (χ0) is 27.6. The second-order valence-electron chi connectivity index (χ2n) is 12.3. The molecule has 3 aliphatic heterocycles. The molecule has 2 aromatic rings. The van der Waals surface area contributed by atoms with Crippen LogP contribution in [0, 0.1) is 11.8 Å². The summed E-state index contributed by atoms with van der Waals surface area (Å²) in [6.45, 7) is 8.36. The van der Waals surface area contributed by atoms with Gasteiger partial charge in [-0.1, -0.05) is 49.2 Å². The van der Waals surface area contributed by atoms with Crippen molar-refractivity contribution in [3.63, 3.8) is 0 Å². The largest absolute Gasteiger partial charge is 0.444 e. The molecule has 6 rings (SSSR count). The van der Waals surface area contributed by atoms with E-state index < -0.39 is 5.60 Å². The Hall–Kier alpha value is -3.06. The van der Waals surface area contributed by atoms with Gasteiger partial charge in [0.1, 0.15) is 5.60 Å². The summed E-state index contributed by atoms with van der Waals surface area (Å²) in [6.07, 6.45) is 5.73. The van der Waals surface area contributed by atoms with E-state index in [1.165, 1.54) is 31.2 Å². The van der Waals surface area contributed by atoms with Crippen LogP contribution in [0.25, 0.3) is 0 Å². The molecule has 0 spiro atoms. The lowest BCUT2D eigenvalue weighted by molar-refractivity contribution is 0.0148. The summed E-state index contributed by atoms with van der Waals surface area (Å²) in [5, 5.41) is 6.05. The second-order valence-corrected chi connectivity index (χ2v) is 12.3. The maximum atomic E-state index is 12.3. The van der Waals surface area contributed by atoms with Crippen LogP contribution in [0.5, 0.6) is 0 Å². The van der Waals surface area contributed by atoms with Crippen molar-refractivity contribution >= 4 is 30.3 Å². The van der Waals surface area contributed by atoms with Crippen molar-refractivity contribution in [1.82, 2.24) is 15.5 Å². The highest BCUT2D eigenvalue weighted by atomic mass is 35.5. The fourth-order valence-electron chi connectivity index (χ4n) is 6.69. The van der Waals surface area contributed by atoms with Gasteiger partial charge >= 0.3 is 6.09 Å². The van der Waals surface area contributed by atoms with Gasteiger partial charge in [0.2, 0.25) is 0 Å². The molecule has 0 bridgehead atoms. The van der Waals surface area contributed by atoms with Gasteiger partial charge in [-0.2, -0.15) is 0 Å². The Labute approximate surface area is 243 Å². The number of ether oxygens (including phenoxy) is 1. The van der Waals surface area contributed by atoms with Crippen LogP contribution in [0.2, 0.25) is 0 Å². The average Bonchev–Trinajstić information content (AvgIpc) is 3.17. The molecular formula is C32H42ClN3O4. The number of halogens is 1. The first kappa shape index (κ1) is 29.9. The third-order valence-corrected chi connectivity index (χ3v) is 8.55. The number of nitrogens with one attached hydrogen (secondary N) is 2. The monoisotopic (exact) mass is 567 g/mol. The summed E-state index contributed by atoms with van der Waals surface area (Å²) in [6, 6.07) is 15.9. The number of rotatable bonds is 0. The normalized spacial score (nSPS) is 25.3. The molecule has 1 saturated heterocycles. The van der Waals surface area contributed by atoms with E-state index in [-0.39, 0.29) is 36.2 Å². The molecule has 2 aromatic carbocycles. The van der Waals surface area contributed by atoms with E-state index in [2.05, 4.69) is 22.8 Å².